The monoisotopic (exact) mass is 541 g/mol. The average Bonchev–Trinajstić information content (AvgIpc) is 3.19. The van der Waals surface area contributed by atoms with E-state index in [1.165, 1.54) is 18.2 Å². The molecule has 0 aliphatic heterocycles. The van der Waals surface area contributed by atoms with Crippen LogP contribution >= 0.6 is 46.6 Å². The van der Waals surface area contributed by atoms with Gasteiger partial charge in [-0.2, -0.15) is 0 Å². The molecular formula is C21H18Cl3N5O4S. The van der Waals surface area contributed by atoms with Crippen molar-refractivity contribution in [2.24, 2.45) is 0 Å². The highest BCUT2D eigenvalue weighted by molar-refractivity contribution is 7.99. The Bertz CT molecular complexity index is 1240. The first-order valence-corrected chi connectivity index (χ1v) is 11.8. The second-order valence-corrected chi connectivity index (χ2v) is 9.03. The number of aromatic nitrogens is 3. The maximum atomic E-state index is 12.4. The third-order valence-electron chi connectivity index (χ3n) is 4.38. The predicted molar refractivity (Wildman–Crippen MR) is 133 cm³/mol. The summed E-state index contributed by atoms with van der Waals surface area (Å²) in [4.78, 5) is 22.8. The van der Waals surface area contributed by atoms with Crippen molar-refractivity contribution in [1.29, 1.82) is 0 Å². The van der Waals surface area contributed by atoms with E-state index in [1.807, 2.05) is 0 Å². The topological polar surface area (TPSA) is 112 Å². The van der Waals surface area contributed by atoms with Gasteiger partial charge in [0.25, 0.3) is 5.69 Å². The molecule has 9 nitrogen and oxygen atoms in total. The van der Waals surface area contributed by atoms with Crippen LogP contribution in [0.25, 0.3) is 0 Å². The molecule has 0 fully saturated rings. The Morgan fingerprint density at radius 2 is 2.00 bits per heavy atom. The summed E-state index contributed by atoms with van der Waals surface area (Å²) in [6.45, 7) is 5.93. The molecule has 178 valence electrons. The van der Waals surface area contributed by atoms with E-state index in [4.69, 9.17) is 39.5 Å². The third kappa shape index (κ3) is 6.41. The van der Waals surface area contributed by atoms with Gasteiger partial charge in [-0.25, -0.2) is 0 Å². The highest BCUT2D eigenvalue weighted by Crippen LogP contribution is 2.32. The second-order valence-electron chi connectivity index (χ2n) is 6.84. The van der Waals surface area contributed by atoms with Gasteiger partial charge in [-0.05, 0) is 31.2 Å². The zero-order valence-electron chi connectivity index (χ0n) is 17.7. The van der Waals surface area contributed by atoms with Gasteiger partial charge in [0.05, 0.1) is 15.7 Å². The Hall–Kier alpha value is -2.79. The molecule has 0 bridgehead atoms. The van der Waals surface area contributed by atoms with Crippen LogP contribution in [0.1, 0.15) is 18.9 Å². The summed E-state index contributed by atoms with van der Waals surface area (Å²) in [6.07, 6.45) is 1.14. The standard InChI is InChI=1S/C21H18Cl3N5O4S/c1-3-8-28-20(12(2)33-18-9-13(22)4-6-16(18)24)26-27-21(28)34-11-19(30)25-14-5-7-15(23)17(10-14)29(31)32/h3-7,9-10,12H,1,8,11H2,2H3,(H,25,30). The van der Waals surface area contributed by atoms with Crippen LogP contribution in [0.2, 0.25) is 15.1 Å². The fourth-order valence-electron chi connectivity index (χ4n) is 2.88. The van der Waals surface area contributed by atoms with Crippen LogP contribution in [0, 0.1) is 10.1 Å². The fourth-order valence-corrected chi connectivity index (χ4v) is 4.14. The van der Waals surface area contributed by atoms with Crippen LogP contribution in [-0.4, -0.2) is 31.3 Å². The van der Waals surface area contributed by atoms with E-state index >= 15 is 0 Å². The molecule has 1 aromatic heterocycles. The number of hydrogen-bond acceptors (Lipinski definition) is 7. The highest BCUT2D eigenvalue weighted by Gasteiger charge is 2.21. The van der Waals surface area contributed by atoms with Gasteiger partial charge in [-0.1, -0.05) is 52.6 Å². The number of allylic oxidation sites excluding steroid dienone is 1. The number of rotatable bonds is 10. The van der Waals surface area contributed by atoms with E-state index in [0.717, 1.165) is 11.8 Å². The fraction of sp³-hybridized carbons (Fsp3) is 0.190. The first-order valence-electron chi connectivity index (χ1n) is 9.72. The summed E-state index contributed by atoms with van der Waals surface area (Å²) in [6, 6.07) is 8.93. The van der Waals surface area contributed by atoms with Crippen molar-refractivity contribution in [3.63, 3.8) is 0 Å². The minimum Gasteiger partial charge on any atom is -0.481 e. The van der Waals surface area contributed by atoms with Gasteiger partial charge in [0, 0.05) is 29.4 Å². The minimum absolute atomic E-state index is 0.0128. The zero-order chi connectivity index (χ0) is 24.8. The van der Waals surface area contributed by atoms with Gasteiger partial charge in [0.1, 0.15) is 10.8 Å². The van der Waals surface area contributed by atoms with Gasteiger partial charge in [0.2, 0.25) is 5.91 Å². The van der Waals surface area contributed by atoms with E-state index in [0.29, 0.717) is 33.3 Å². The van der Waals surface area contributed by atoms with Crippen molar-refractivity contribution in [3.05, 3.63) is 80.1 Å². The van der Waals surface area contributed by atoms with Crippen molar-refractivity contribution in [1.82, 2.24) is 14.8 Å². The smallest absolute Gasteiger partial charge is 0.289 e. The molecule has 1 unspecified atom stereocenters. The van der Waals surface area contributed by atoms with Gasteiger partial charge < -0.3 is 10.1 Å². The van der Waals surface area contributed by atoms with Crippen molar-refractivity contribution in [2.45, 2.75) is 24.7 Å². The molecule has 1 atom stereocenters. The van der Waals surface area contributed by atoms with Crippen LogP contribution in [0.4, 0.5) is 11.4 Å². The molecule has 0 aliphatic rings. The average molecular weight is 543 g/mol. The Morgan fingerprint density at radius 1 is 1.26 bits per heavy atom. The molecule has 0 aliphatic carbocycles. The molecule has 0 saturated carbocycles. The molecule has 13 heteroatoms. The number of anilines is 1. The van der Waals surface area contributed by atoms with Crippen LogP contribution < -0.4 is 10.1 Å². The van der Waals surface area contributed by atoms with Crippen LogP contribution in [0.3, 0.4) is 0 Å². The van der Waals surface area contributed by atoms with Crippen LogP contribution in [0.5, 0.6) is 5.75 Å². The van der Waals surface area contributed by atoms with E-state index in [-0.39, 0.29) is 28.1 Å². The van der Waals surface area contributed by atoms with Crippen molar-refractivity contribution in [3.8, 4) is 5.75 Å². The van der Waals surface area contributed by atoms with Gasteiger partial charge >= 0.3 is 0 Å². The molecule has 1 amide bonds. The molecule has 34 heavy (non-hydrogen) atoms. The van der Waals surface area contributed by atoms with Crippen molar-refractivity contribution < 1.29 is 14.5 Å². The summed E-state index contributed by atoms with van der Waals surface area (Å²) in [5.41, 5.74) is -0.0355. The van der Waals surface area contributed by atoms with Gasteiger partial charge in [-0.3, -0.25) is 19.5 Å². The van der Waals surface area contributed by atoms with Gasteiger partial charge in [0.15, 0.2) is 17.1 Å². The maximum absolute atomic E-state index is 12.4. The number of benzene rings is 2. The number of nitro groups is 1. The van der Waals surface area contributed by atoms with E-state index in [2.05, 4.69) is 22.1 Å². The largest absolute Gasteiger partial charge is 0.481 e. The third-order valence-corrected chi connectivity index (χ3v) is 6.21. The maximum Gasteiger partial charge on any atom is 0.289 e. The Morgan fingerprint density at radius 3 is 2.71 bits per heavy atom. The first-order chi connectivity index (χ1) is 16.2. The minimum atomic E-state index is -0.619. The number of ether oxygens (including phenoxy) is 1. The molecule has 0 radical (unpaired) electrons. The Balaban J connectivity index is 1.70. The predicted octanol–water partition coefficient (Wildman–Crippen LogP) is 6.20. The lowest BCUT2D eigenvalue weighted by Crippen LogP contribution is -2.15. The summed E-state index contributed by atoms with van der Waals surface area (Å²) in [7, 11) is 0. The quantitative estimate of drug-likeness (QED) is 0.140. The molecule has 0 saturated heterocycles. The van der Waals surface area contributed by atoms with E-state index < -0.39 is 11.0 Å². The number of thioether (sulfide) groups is 1. The lowest BCUT2D eigenvalue weighted by Gasteiger charge is -2.16. The van der Waals surface area contributed by atoms with Crippen LogP contribution in [0.15, 0.2) is 54.2 Å². The normalized spacial score (nSPS) is 11.6. The summed E-state index contributed by atoms with van der Waals surface area (Å²) in [5.74, 6) is 0.514. The van der Waals surface area contributed by atoms with Gasteiger partial charge in [-0.15, -0.1) is 16.8 Å². The number of carbonyl (C=O) groups excluding carboxylic acids is 1. The summed E-state index contributed by atoms with van der Waals surface area (Å²) >= 11 is 19.2. The van der Waals surface area contributed by atoms with E-state index in [1.54, 1.807) is 35.8 Å². The van der Waals surface area contributed by atoms with Crippen LogP contribution in [-0.2, 0) is 11.3 Å². The number of carbonyl (C=O) groups is 1. The Kier molecular flexibility index (Phi) is 8.78. The van der Waals surface area contributed by atoms with E-state index in [9.17, 15) is 14.9 Å². The number of nitrogens with zero attached hydrogens (tertiary/aromatic N) is 4. The number of nitro benzene ring substituents is 1. The Labute approximate surface area is 214 Å². The lowest BCUT2D eigenvalue weighted by atomic mass is 10.3. The molecule has 0 spiro atoms. The summed E-state index contributed by atoms with van der Waals surface area (Å²) < 4.78 is 7.69. The molecule has 3 aromatic rings. The summed E-state index contributed by atoms with van der Waals surface area (Å²) in [5, 5.41) is 23.4. The van der Waals surface area contributed by atoms with Crippen molar-refractivity contribution in [2.75, 3.05) is 11.1 Å². The molecular weight excluding hydrogens is 525 g/mol. The highest BCUT2D eigenvalue weighted by atomic mass is 35.5. The number of halogens is 3. The molecule has 1 heterocycles. The number of hydrogen-bond donors (Lipinski definition) is 1. The number of nitrogens with one attached hydrogen (secondary N) is 1. The zero-order valence-corrected chi connectivity index (χ0v) is 20.8. The molecule has 3 rings (SSSR count). The SMILES string of the molecule is C=CCn1c(SCC(=O)Nc2ccc(Cl)c([N+](=O)[O-])c2)nnc1C(C)Oc1cc(Cl)ccc1Cl. The van der Waals surface area contributed by atoms with Crippen molar-refractivity contribution >= 4 is 63.8 Å². The molecule has 1 N–H and O–H groups in total. The molecule has 2 aromatic carbocycles. The second kappa shape index (κ2) is 11.6. The first kappa shape index (κ1) is 25.8. The number of amides is 1. The lowest BCUT2D eigenvalue weighted by molar-refractivity contribution is -0.384.